The molecular weight excluding hydrogens is 303 g/mol. The van der Waals surface area contributed by atoms with Crippen molar-refractivity contribution in [1.29, 1.82) is 0 Å². The number of rotatable bonds is 5. The molecule has 1 amide bonds. The van der Waals surface area contributed by atoms with Gasteiger partial charge in [0.25, 0.3) is 5.91 Å². The van der Waals surface area contributed by atoms with Gasteiger partial charge in [0, 0.05) is 24.9 Å². The highest BCUT2D eigenvalue weighted by atomic mass is 19.1. The van der Waals surface area contributed by atoms with E-state index < -0.39 is 6.10 Å². The van der Waals surface area contributed by atoms with Crippen LogP contribution in [0.2, 0.25) is 0 Å². The first-order valence-corrected chi connectivity index (χ1v) is 7.17. The fourth-order valence-electron chi connectivity index (χ4n) is 2.20. The van der Waals surface area contributed by atoms with Crippen molar-refractivity contribution in [2.24, 2.45) is 5.16 Å². The lowest BCUT2D eigenvalue weighted by Crippen LogP contribution is -2.36. The van der Waals surface area contributed by atoms with E-state index in [0.717, 1.165) is 0 Å². The highest BCUT2D eigenvalue weighted by Crippen LogP contribution is 2.17. The van der Waals surface area contributed by atoms with Gasteiger partial charge in [-0.2, -0.15) is 4.98 Å². The van der Waals surface area contributed by atoms with Crippen LogP contribution in [-0.2, 0) is 16.1 Å². The molecule has 0 saturated carbocycles. The minimum absolute atomic E-state index is 0.281. The van der Waals surface area contributed by atoms with E-state index >= 15 is 0 Å². The average Bonchev–Trinajstić information content (AvgIpc) is 3.16. The third-order valence-electron chi connectivity index (χ3n) is 3.33. The number of hydrogen-bond donors (Lipinski definition) is 1. The number of benzene rings is 1. The number of carbonyl (C=O) groups is 1. The molecule has 0 aliphatic carbocycles. The number of carbonyl (C=O) groups excluding carboxylic acids is 1. The maximum atomic E-state index is 13.2. The summed E-state index contributed by atoms with van der Waals surface area (Å²) < 4.78 is 18.2. The Morgan fingerprint density at radius 3 is 3.09 bits per heavy atom. The summed E-state index contributed by atoms with van der Waals surface area (Å²) in [6.45, 7) is 2.08. The number of halogens is 1. The number of oxime groups is 1. The summed E-state index contributed by atoms with van der Waals surface area (Å²) in [6, 6.07) is 6.03. The third kappa shape index (κ3) is 3.71. The average molecular weight is 318 g/mol. The topological polar surface area (TPSA) is 89.6 Å². The molecule has 1 N–H and O–H groups in total. The van der Waals surface area contributed by atoms with Gasteiger partial charge in [0.05, 0.1) is 5.71 Å². The van der Waals surface area contributed by atoms with E-state index in [1.54, 1.807) is 19.1 Å². The molecule has 120 valence electrons. The van der Waals surface area contributed by atoms with Gasteiger partial charge in [0.15, 0.2) is 5.82 Å². The number of amides is 1. The summed E-state index contributed by atoms with van der Waals surface area (Å²) >= 11 is 0. The maximum Gasteiger partial charge on any atom is 0.264 e. The Morgan fingerprint density at radius 1 is 1.48 bits per heavy atom. The van der Waals surface area contributed by atoms with Crippen LogP contribution in [-0.4, -0.2) is 34.4 Å². The number of nitrogens with zero attached hydrogens (tertiary/aromatic N) is 3. The van der Waals surface area contributed by atoms with Crippen LogP contribution in [0.1, 0.15) is 23.7 Å². The van der Waals surface area contributed by atoms with Gasteiger partial charge in [-0.15, -0.1) is 0 Å². The number of aromatic nitrogens is 2. The number of aryl methyl sites for hydroxylation is 1. The van der Waals surface area contributed by atoms with Crippen molar-refractivity contribution in [3.05, 3.63) is 47.4 Å². The summed E-state index contributed by atoms with van der Waals surface area (Å²) in [5, 5.41) is 10.3. The number of hydrogen-bond acceptors (Lipinski definition) is 6. The van der Waals surface area contributed by atoms with E-state index in [4.69, 9.17) is 9.36 Å². The van der Waals surface area contributed by atoms with Crippen molar-refractivity contribution in [3.63, 3.8) is 0 Å². The van der Waals surface area contributed by atoms with E-state index in [-0.39, 0.29) is 11.7 Å². The second-order valence-electron chi connectivity index (χ2n) is 5.12. The fourth-order valence-corrected chi connectivity index (χ4v) is 2.20. The van der Waals surface area contributed by atoms with Crippen LogP contribution in [0, 0.1) is 12.7 Å². The zero-order valence-electron chi connectivity index (χ0n) is 12.5. The van der Waals surface area contributed by atoms with Gasteiger partial charge in [0.2, 0.25) is 12.0 Å². The predicted molar refractivity (Wildman–Crippen MR) is 78.2 cm³/mol. The molecule has 0 bridgehead atoms. The standard InChI is InChI=1S/C15H15FN4O3/c1-9-18-14(23-19-9)5-6-17-15(21)13-8-12(20-22-13)10-3-2-4-11(16)7-10/h2-4,7,13H,5-6,8H2,1H3,(H,17,21). The highest BCUT2D eigenvalue weighted by Gasteiger charge is 2.28. The lowest BCUT2D eigenvalue weighted by atomic mass is 10.0. The molecule has 1 aliphatic heterocycles. The van der Waals surface area contributed by atoms with Gasteiger partial charge in [-0.25, -0.2) is 4.39 Å². The van der Waals surface area contributed by atoms with E-state index in [0.29, 0.717) is 42.4 Å². The van der Waals surface area contributed by atoms with Crippen LogP contribution in [0.15, 0.2) is 33.9 Å². The minimum Gasteiger partial charge on any atom is -0.382 e. The molecule has 1 atom stereocenters. The van der Waals surface area contributed by atoms with Crippen molar-refractivity contribution in [3.8, 4) is 0 Å². The van der Waals surface area contributed by atoms with Crippen LogP contribution in [0.25, 0.3) is 0 Å². The fraction of sp³-hybridized carbons (Fsp3) is 0.333. The van der Waals surface area contributed by atoms with E-state index in [1.807, 2.05) is 0 Å². The van der Waals surface area contributed by atoms with Crippen LogP contribution in [0.4, 0.5) is 4.39 Å². The van der Waals surface area contributed by atoms with E-state index in [9.17, 15) is 9.18 Å². The third-order valence-corrected chi connectivity index (χ3v) is 3.33. The normalized spacial score (nSPS) is 16.8. The van der Waals surface area contributed by atoms with Crippen LogP contribution in [0.3, 0.4) is 0 Å². The molecule has 1 aromatic heterocycles. The molecule has 7 nitrogen and oxygen atoms in total. The van der Waals surface area contributed by atoms with Crippen molar-refractivity contribution < 1.29 is 18.5 Å². The number of nitrogens with one attached hydrogen (secondary N) is 1. The van der Waals surface area contributed by atoms with Gasteiger partial charge in [0.1, 0.15) is 5.82 Å². The van der Waals surface area contributed by atoms with E-state index in [2.05, 4.69) is 20.6 Å². The maximum absolute atomic E-state index is 13.2. The van der Waals surface area contributed by atoms with Crippen molar-refractivity contribution >= 4 is 11.6 Å². The van der Waals surface area contributed by atoms with Gasteiger partial charge >= 0.3 is 0 Å². The zero-order valence-corrected chi connectivity index (χ0v) is 12.5. The SMILES string of the molecule is Cc1noc(CCNC(=O)C2CC(c3cccc(F)c3)=NO2)n1. The van der Waals surface area contributed by atoms with Gasteiger partial charge in [-0.3, -0.25) is 4.79 Å². The lowest BCUT2D eigenvalue weighted by Gasteiger charge is -2.08. The van der Waals surface area contributed by atoms with Gasteiger partial charge in [-0.1, -0.05) is 22.4 Å². The molecule has 23 heavy (non-hydrogen) atoms. The minimum atomic E-state index is -0.710. The summed E-state index contributed by atoms with van der Waals surface area (Å²) in [5.41, 5.74) is 1.17. The van der Waals surface area contributed by atoms with Gasteiger partial charge < -0.3 is 14.7 Å². The summed E-state index contributed by atoms with van der Waals surface area (Å²) in [4.78, 5) is 21.2. The molecule has 1 aliphatic rings. The summed E-state index contributed by atoms with van der Waals surface area (Å²) in [6.07, 6.45) is 0.0315. The molecule has 1 aromatic carbocycles. The Labute approximate surface area is 131 Å². The molecule has 2 heterocycles. The second-order valence-corrected chi connectivity index (χ2v) is 5.12. The Morgan fingerprint density at radius 2 is 2.35 bits per heavy atom. The van der Waals surface area contributed by atoms with Crippen molar-refractivity contribution in [2.45, 2.75) is 25.9 Å². The first kappa shape index (κ1) is 15.1. The first-order valence-electron chi connectivity index (χ1n) is 7.17. The molecule has 2 aromatic rings. The largest absolute Gasteiger partial charge is 0.382 e. The molecule has 8 heteroatoms. The summed E-state index contributed by atoms with van der Waals surface area (Å²) in [7, 11) is 0. The highest BCUT2D eigenvalue weighted by molar-refractivity contribution is 6.04. The second kappa shape index (κ2) is 6.55. The molecule has 3 rings (SSSR count). The Kier molecular flexibility index (Phi) is 4.31. The molecule has 0 saturated heterocycles. The quantitative estimate of drug-likeness (QED) is 0.899. The molecular formula is C15H15FN4O3. The smallest absolute Gasteiger partial charge is 0.264 e. The van der Waals surface area contributed by atoms with E-state index in [1.165, 1.54) is 12.1 Å². The van der Waals surface area contributed by atoms with Crippen molar-refractivity contribution in [2.75, 3.05) is 6.54 Å². The van der Waals surface area contributed by atoms with Crippen molar-refractivity contribution in [1.82, 2.24) is 15.5 Å². The molecule has 0 radical (unpaired) electrons. The van der Waals surface area contributed by atoms with Crippen LogP contribution in [0.5, 0.6) is 0 Å². The first-order chi connectivity index (χ1) is 11.1. The Hall–Kier alpha value is -2.77. The zero-order chi connectivity index (χ0) is 16.2. The predicted octanol–water partition coefficient (Wildman–Crippen LogP) is 1.37. The lowest BCUT2D eigenvalue weighted by molar-refractivity contribution is -0.131. The Bertz CT molecular complexity index is 744. The van der Waals surface area contributed by atoms with Gasteiger partial charge in [-0.05, 0) is 19.1 Å². The monoisotopic (exact) mass is 318 g/mol. The summed E-state index contributed by atoms with van der Waals surface area (Å²) in [5.74, 6) is 0.384. The molecule has 1 unspecified atom stereocenters. The van der Waals surface area contributed by atoms with Crippen LogP contribution < -0.4 is 5.32 Å². The Balaban J connectivity index is 1.48. The van der Waals surface area contributed by atoms with Crippen LogP contribution >= 0.6 is 0 Å². The molecule has 0 fully saturated rings. The molecule has 0 spiro atoms.